The molecule has 0 saturated carbocycles. The Morgan fingerprint density at radius 2 is 1.88 bits per heavy atom. The molecule has 3 aromatic rings. The zero-order valence-electron chi connectivity index (χ0n) is 14.5. The van der Waals surface area contributed by atoms with Gasteiger partial charge in [0, 0.05) is 10.3 Å². The Morgan fingerprint density at radius 1 is 1.15 bits per heavy atom. The smallest absolute Gasteiger partial charge is 0.339 e. The van der Waals surface area contributed by atoms with Crippen molar-refractivity contribution >= 4 is 34.6 Å². The highest BCUT2D eigenvalue weighted by molar-refractivity contribution is 7.98. The van der Waals surface area contributed by atoms with Crippen LogP contribution in [0.2, 0.25) is 0 Å². The predicted molar refractivity (Wildman–Crippen MR) is 101 cm³/mol. The lowest BCUT2D eigenvalue weighted by atomic mass is 10.2. The van der Waals surface area contributed by atoms with Gasteiger partial charge in [-0.15, -0.1) is 11.8 Å². The second-order valence-corrected chi connectivity index (χ2v) is 6.60. The van der Waals surface area contributed by atoms with Gasteiger partial charge in [0.15, 0.2) is 6.61 Å². The topological polar surface area (TPSA) is 68.5 Å². The van der Waals surface area contributed by atoms with Gasteiger partial charge in [-0.1, -0.05) is 30.3 Å². The summed E-state index contributed by atoms with van der Waals surface area (Å²) in [5.41, 5.74) is 1.22. The van der Waals surface area contributed by atoms with E-state index in [-0.39, 0.29) is 18.6 Å². The van der Waals surface area contributed by atoms with Crippen LogP contribution in [0, 0.1) is 0 Å². The Balaban J connectivity index is 1.57. The van der Waals surface area contributed by atoms with Crippen molar-refractivity contribution in [1.29, 1.82) is 0 Å². The zero-order chi connectivity index (χ0) is 18.5. The molecule has 0 unspecified atom stereocenters. The molecule has 0 aliphatic heterocycles. The molecule has 0 radical (unpaired) electrons. The summed E-state index contributed by atoms with van der Waals surface area (Å²) in [6, 6.07) is 16.3. The second-order valence-electron chi connectivity index (χ2n) is 5.75. The Labute approximate surface area is 155 Å². The van der Waals surface area contributed by atoms with E-state index < -0.39 is 5.97 Å². The molecule has 0 aliphatic carbocycles. The van der Waals surface area contributed by atoms with Crippen LogP contribution in [-0.4, -0.2) is 24.7 Å². The molecular weight excluding hydrogens is 350 g/mol. The molecule has 6 heteroatoms. The van der Waals surface area contributed by atoms with Gasteiger partial charge >= 0.3 is 5.97 Å². The monoisotopic (exact) mass is 369 g/mol. The van der Waals surface area contributed by atoms with Crippen LogP contribution in [0.5, 0.6) is 0 Å². The molecule has 1 aromatic heterocycles. The van der Waals surface area contributed by atoms with Crippen LogP contribution < -0.4 is 5.32 Å². The number of nitrogens with one attached hydrogen (secondary N) is 1. The fourth-order valence-corrected chi connectivity index (χ4v) is 3.18. The lowest BCUT2D eigenvalue weighted by Crippen LogP contribution is -2.31. The average molecular weight is 369 g/mol. The van der Waals surface area contributed by atoms with Crippen LogP contribution in [-0.2, 0) is 9.53 Å². The van der Waals surface area contributed by atoms with E-state index in [1.165, 1.54) is 11.8 Å². The lowest BCUT2D eigenvalue weighted by molar-refractivity contribution is -0.125. The Morgan fingerprint density at radius 3 is 2.65 bits per heavy atom. The number of esters is 1. The third kappa shape index (κ3) is 4.08. The minimum Gasteiger partial charge on any atom is -0.459 e. The van der Waals surface area contributed by atoms with E-state index in [1.807, 2.05) is 55.6 Å². The number of ether oxygens (including phenoxy) is 1. The van der Waals surface area contributed by atoms with Crippen molar-refractivity contribution in [3.8, 4) is 0 Å². The SMILES string of the molecule is CSc1ccccc1C(=O)OCC(=O)N[C@H](C)c1cc2ccccc2o1. The maximum absolute atomic E-state index is 12.2. The predicted octanol–water partition coefficient (Wildman–Crippen LogP) is 4.19. The number of furan rings is 1. The summed E-state index contributed by atoms with van der Waals surface area (Å²) < 4.78 is 10.9. The van der Waals surface area contributed by atoms with Gasteiger partial charge in [0.2, 0.25) is 0 Å². The van der Waals surface area contributed by atoms with Gasteiger partial charge in [-0.2, -0.15) is 0 Å². The molecule has 0 saturated heterocycles. The zero-order valence-corrected chi connectivity index (χ0v) is 15.3. The molecule has 1 heterocycles. The van der Waals surface area contributed by atoms with Crippen molar-refractivity contribution in [3.63, 3.8) is 0 Å². The van der Waals surface area contributed by atoms with Crippen molar-refractivity contribution in [2.45, 2.75) is 17.9 Å². The largest absolute Gasteiger partial charge is 0.459 e. The number of carbonyl (C=O) groups is 2. The number of hydrogen-bond acceptors (Lipinski definition) is 5. The fourth-order valence-electron chi connectivity index (χ4n) is 2.59. The number of amides is 1. The number of para-hydroxylation sites is 1. The highest BCUT2D eigenvalue weighted by atomic mass is 32.2. The van der Waals surface area contributed by atoms with Crippen molar-refractivity contribution in [1.82, 2.24) is 5.32 Å². The van der Waals surface area contributed by atoms with Crippen LogP contribution in [0.3, 0.4) is 0 Å². The van der Waals surface area contributed by atoms with Gasteiger partial charge in [-0.3, -0.25) is 4.79 Å². The number of rotatable bonds is 6. The van der Waals surface area contributed by atoms with Crippen LogP contribution >= 0.6 is 11.8 Å². The summed E-state index contributed by atoms with van der Waals surface area (Å²) in [7, 11) is 0. The Hall–Kier alpha value is -2.73. The van der Waals surface area contributed by atoms with Gasteiger partial charge in [-0.25, -0.2) is 4.79 Å². The van der Waals surface area contributed by atoms with E-state index in [4.69, 9.17) is 9.15 Å². The lowest BCUT2D eigenvalue weighted by Gasteiger charge is -2.12. The number of hydrogen-bond donors (Lipinski definition) is 1. The van der Waals surface area contributed by atoms with Crippen molar-refractivity contribution < 1.29 is 18.7 Å². The van der Waals surface area contributed by atoms with Crippen molar-refractivity contribution in [2.75, 3.05) is 12.9 Å². The summed E-state index contributed by atoms with van der Waals surface area (Å²) in [5, 5.41) is 3.75. The molecule has 1 atom stereocenters. The first-order valence-electron chi connectivity index (χ1n) is 8.16. The van der Waals surface area contributed by atoms with E-state index in [9.17, 15) is 9.59 Å². The Bertz CT molecular complexity index is 901. The third-order valence-electron chi connectivity index (χ3n) is 3.91. The van der Waals surface area contributed by atoms with Gasteiger partial charge in [0.05, 0.1) is 11.6 Å². The van der Waals surface area contributed by atoms with Crippen LogP contribution in [0.25, 0.3) is 11.0 Å². The summed E-state index contributed by atoms with van der Waals surface area (Å²) in [4.78, 5) is 25.1. The normalized spacial score (nSPS) is 11.9. The van der Waals surface area contributed by atoms with Gasteiger partial charge < -0.3 is 14.5 Å². The Kier molecular flexibility index (Phi) is 5.63. The maximum atomic E-state index is 12.2. The fraction of sp³-hybridized carbons (Fsp3) is 0.200. The van der Waals surface area contributed by atoms with Crippen molar-refractivity contribution in [2.24, 2.45) is 0 Å². The first-order valence-corrected chi connectivity index (χ1v) is 9.39. The van der Waals surface area contributed by atoms with Gasteiger partial charge in [-0.05, 0) is 37.4 Å². The highest BCUT2D eigenvalue weighted by Crippen LogP contribution is 2.23. The summed E-state index contributed by atoms with van der Waals surface area (Å²) in [5.74, 6) is -0.243. The molecule has 1 N–H and O–H groups in total. The summed E-state index contributed by atoms with van der Waals surface area (Å²) in [6.45, 7) is 1.48. The third-order valence-corrected chi connectivity index (χ3v) is 4.71. The number of carbonyl (C=O) groups excluding carboxylic acids is 2. The van der Waals surface area contributed by atoms with Crippen LogP contribution in [0.1, 0.15) is 29.1 Å². The second kappa shape index (κ2) is 8.10. The molecule has 134 valence electrons. The summed E-state index contributed by atoms with van der Waals surface area (Å²) in [6.07, 6.45) is 1.88. The maximum Gasteiger partial charge on any atom is 0.339 e. The molecule has 0 aliphatic rings. The van der Waals surface area contributed by atoms with E-state index >= 15 is 0 Å². The molecule has 5 nitrogen and oxygen atoms in total. The minimum absolute atomic E-state index is 0.327. The molecule has 0 spiro atoms. The van der Waals surface area contributed by atoms with E-state index in [1.54, 1.807) is 12.1 Å². The van der Waals surface area contributed by atoms with E-state index in [2.05, 4.69) is 5.32 Å². The number of benzene rings is 2. The van der Waals surface area contributed by atoms with E-state index in [0.29, 0.717) is 11.3 Å². The van der Waals surface area contributed by atoms with Gasteiger partial charge in [0.25, 0.3) is 5.91 Å². The van der Waals surface area contributed by atoms with Crippen molar-refractivity contribution in [3.05, 3.63) is 65.9 Å². The number of thioether (sulfide) groups is 1. The molecular formula is C20H19NO4S. The molecule has 3 rings (SSSR count). The molecule has 26 heavy (non-hydrogen) atoms. The highest BCUT2D eigenvalue weighted by Gasteiger charge is 2.17. The molecule has 0 bridgehead atoms. The average Bonchev–Trinajstić information content (AvgIpc) is 3.10. The molecule has 1 amide bonds. The number of fused-ring (bicyclic) bond motifs is 1. The quantitative estimate of drug-likeness (QED) is 0.521. The van der Waals surface area contributed by atoms with E-state index in [0.717, 1.165) is 15.9 Å². The minimum atomic E-state index is -0.513. The standard InChI is InChI=1S/C20H19NO4S/c1-13(17-11-14-7-3-5-9-16(14)25-17)21-19(22)12-24-20(23)15-8-4-6-10-18(15)26-2/h3-11,13H,12H2,1-2H3,(H,21,22)/t13-/m1/s1. The molecule has 0 fully saturated rings. The van der Waals surface area contributed by atoms with Gasteiger partial charge in [0.1, 0.15) is 11.3 Å². The first-order chi connectivity index (χ1) is 12.6. The summed E-state index contributed by atoms with van der Waals surface area (Å²) >= 11 is 1.45. The molecule has 2 aromatic carbocycles. The van der Waals surface area contributed by atoms with Crippen LogP contribution in [0.4, 0.5) is 0 Å². The van der Waals surface area contributed by atoms with Crippen LogP contribution in [0.15, 0.2) is 63.9 Å². The first kappa shape index (κ1) is 18.1.